The van der Waals surface area contributed by atoms with Crippen molar-refractivity contribution in [3.63, 3.8) is 0 Å². The molecule has 1 aromatic rings. The molecule has 0 radical (unpaired) electrons. The van der Waals surface area contributed by atoms with Gasteiger partial charge in [-0.15, -0.1) is 10.2 Å². The summed E-state index contributed by atoms with van der Waals surface area (Å²) in [4.78, 5) is 4.30. The maximum atomic E-state index is 6.19. The predicted octanol–water partition coefficient (Wildman–Crippen LogP) is 2.98. The van der Waals surface area contributed by atoms with Crippen LogP contribution in [-0.2, 0) is 11.3 Å². The highest BCUT2D eigenvalue weighted by Gasteiger charge is 2.38. The Bertz CT molecular complexity index is 688. The largest absolute Gasteiger partial charge is 0.378 e. The Hall–Kier alpha value is -1.95. The van der Waals surface area contributed by atoms with Gasteiger partial charge in [0.15, 0.2) is 5.82 Å². The van der Waals surface area contributed by atoms with Crippen LogP contribution in [0.1, 0.15) is 56.6 Å². The molecular formula is C19H27N5O. The van der Waals surface area contributed by atoms with Gasteiger partial charge < -0.3 is 14.6 Å². The van der Waals surface area contributed by atoms with Crippen molar-refractivity contribution in [2.24, 2.45) is 16.8 Å². The molecule has 25 heavy (non-hydrogen) atoms. The third-order valence-electron chi connectivity index (χ3n) is 5.57. The Morgan fingerprint density at radius 3 is 3.00 bits per heavy atom. The van der Waals surface area contributed by atoms with Crippen molar-refractivity contribution < 1.29 is 4.74 Å². The second-order valence-corrected chi connectivity index (χ2v) is 7.42. The minimum absolute atomic E-state index is 0.366. The first kappa shape index (κ1) is 16.5. The first-order valence-corrected chi connectivity index (χ1v) is 9.43. The molecule has 6 nitrogen and oxygen atoms in total. The lowest BCUT2D eigenvalue weighted by Gasteiger charge is -2.17. The van der Waals surface area contributed by atoms with Crippen molar-refractivity contribution in [2.45, 2.75) is 57.6 Å². The van der Waals surface area contributed by atoms with E-state index in [2.05, 4.69) is 44.7 Å². The zero-order valence-electron chi connectivity index (χ0n) is 14.9. The Balaban J connectivity index is 1.55. The van der Waals surface area contributed by atoms with Crippen molar-refractivity contribution in [3.8, 4) is 0 Å². The summed E-state index contributed by atoms with van der Waals surface area (Å²) < 4.78 is 8.37. The average Bonchev–Trinajstić information content (AvgIpc) is 3.19. The minimum atomic E-state index is 0.366. The summed E-state index contributed by atoms with van der Waals surface area (Å²) in [7, 11) is 0. The fourth-order valence-electron chi connectivity index (χ4n) is 3.90. The number of allylic oxidation sites excluding steroid dienone is 1. The molecule has 0 spiro atoms. The molecule has 134 valence electrons. The number of hydrogen-bond acceptors (Lipinski definition) is 5. The lowest BCUT2D eigenvalue weighted by molar-refractivity contribution is 0.0475. The standard InChI is InChI=1S/C19H27N5O/c1-3-15-9-16(25-12-14-5-6-14)10-17(15)19-23-22-18-11-21-13(2)20-7-4-8-24(18)19/h4,7,11,14-17,20H,2-3,5-6,8-10,12H2,1H3/b7-4-,21-11-/t15-,16+,17+/m1/s1. The van der Waals surface area contributed by atoms with Crippen molar-refractivity contribution >= 4 is 6.21 Å². The monoisotopic (exact) mass is 341 g/mol. The van der Waals surface area contributed by atoms with Crippen molar-refractivity contribution in [1.29, 1.82) is 0 Å². The van der Waals surface area contributed by atoms with E-state index in [4.69, 9.17) is 4.74 Å². The van der Waals surface area contributed by atoms with Crippen molar-refractivity contribution in [2.75, 3.05) is 6.61 Å². The third-order valence-corrected chi connectivity index (χ3v) is 5.57. The van der Waals surface area contributed by atoms with Crippen LogP contribution in [0.5, 0.6) is 0 Å². The first-order chi connectivity index (χ1) is 12.2. The fourth-order valence-corrected chi connectivity index (χ4v) is 3.90. The lowest BCUT2D eigenvalue weighted by Crippen LogP contribution is -2.14. The smallest absolute Gasteiger partial charge is 0.175 e. The molecule has 2 fully saturated rings. The van der Waals surface area contributed by atoms with Gasteiger partial charge in [-0.1, -0.05) is 19.9 Å². The van der Waals surface area contributed by atoms with Gasteiger partial charge in [-0.3, -0.25) is 0 Å². The molecule has 0 amide bonds. The second kappa shape index (κ2) is 7.12. The zero-order chi connectivity index (χ0) is 17.2. The number of ether oxygens (including phenoxy) is 1. The van der Waals surface area contributed by atoms with Gasteiger partial charge >= 0.3 is 0 Å². The van der Waals surface area contributed by atoms with Crippen LogP contribution in [0.15, 0.2) is 29.7 Å². The normalized spacial score (nSPS) is 31.6. The number of nitrogens with zero attached hydrogens (tertiary/aromatic N) is 4. The van der Waals surface area contributed by atoms with Gasteiger partial charge in [0, 0.05) is 25.3 Å². The van der Waals surface area contributed by atoms with Crippen LogP contribution in [0.2, 0.25) is 0 Å². The molecule has 2 aliphatic carbocycles. The quantitative estimate of drug-likeness (QED) is 0.894. The number of aromatic nitrogens is 3. The van der Waals surface area contributed by atoms with Crippen LogP contribution in [0.4, 0.5) is 0 Å². The maximum absolute atomic E-state index is 6.19. The SMILES string of the molecule is C=C1/N=C\c2nnc([C@H]3C[C@@H](OCC4CC4)C[C@H]3CC)n2C/C=C\N1. The topological polar surface area (TPSA) is 64.3 Å². The van der Waals surface area contributed by atoms with Crippen LogP contribution in [0, 0.1) is 11.8 Å². The Labute approximate surface area is 149 Å². The summed E-state index contributed by atoms with van der Waals surface area (Å²) in [5, 5.41) is 12.0. The molecule has 3 atom stereocenters. The lowest BCUT2D eigenvalue weighted by atomic mass is 9.93. The van der Waals surface area contributed by atoms with Gasteiger partial charge in [0.2, 0.25) is 0 Å². The van der Waals surface area contributed by atoms with Crippen LogP contribution < -0.4 is 5.32 Å². The predicted molar refractivity (Wildman–Crippen MR) is 97.3 cm³/mol. The van der Waals surface area contributed by atoms with E-state index in [1.54, 1.807) is 6.21 Å². The van der Waals surface area contributed by atoms with E-state index in [0.717, 1.165) is 50.0 Å². The minimum Gasteiger partial charge on any atom is -0.378 e. The number of hydrogen-bond donors (Lipinski definition) is 1. The van der Waals surface area contributed by atoms with Crippen LogP contribution >= 0.6 is 0 Å². The van der Waals surface area contributed by atoms with Crippen molar-refractivity contribution in [1.82, 2.24) is 20.1 Å². The maximum Gasteiger partial charge on any atom is 0.175 e. The molecule has 0 bridgehead atoms. The Kier molecular flexibility index (Phi) is 4.70. The molecule has 1 aromatic heterocycles. The molecule has 2 saturated carbocycles. The molecule has 6 heteroatoms. The van der Waals surface area contributed by atoms with E-state index in [-0.39, 0.29) is 0 Å². The number of rotatable bonds is 5. The summed E-state index contributed by atoms with van der Waals surface area (Å²) in [6.07, 6.45) is 12.1. The molecule has 4 rings (SSSR count). The summed E-state index contributed by atoms with van der Waals surface area (Å²) in [5.41, 5.74) is 0. The van der Waals surface area contributed by atoms with E-state index < -0.39 is 0 Å². The number of nitrogens with one attached hydrogen (secondary N) is 1. The molecule has 1 aliphatic heterocycles. The van der Waals surface area contributed by atoms with Crippen LogP contribution in [0.3, 0.4) is 0 Å². The van der Waals surface area contributed by atoms with Crippen LogP contribution in [0.25, 0.3) is 0 Å². The van der Waals surface area contributed by atoms with Gasteiger partial charge in [0.25, 0.3) is 0 Å². The number of aliphatic imine (C=N–C) groups is 1. The highest BCUT2D eigenvalue weighted by molar-refractivity contribution is 5.75. The van der Waals surface area contributed by atoms with E-state index in [1.807, 2.05) is 6.20 Å². The molecule has 1 N–H and O–H groups in total. The summed E-state index contributed by atoms with van der Waals surface area (Å²) in [6, 6.07) is 0. The van der Waals surface area contributed by atoms with Gasteiger partial charge in [-0.25, -0.2) is 4.99 Å². The number of fused-ring (bicyclic) bond motifs is 1. The highest BCUT2D eigenvalue weighted by Crippen LogP contribution is 2.43. The Morgan fingerprint density at radius 1 is 1.32 bits per heavy atom. The van der Waals surface area contributed by atoms with E-state index >= 15 is 0 Å². The molecule has 0 unspecified atom stereocenters. The third kappa shape index (κ3) is 3.68. The molecular weight excluding hydrogens is 314 g/mol. The Morgan fingerprint density at radius 2 is 2.20 bits per heavy atom. The van der Waals surface area contributed by atoms with Gasteiger partial charge in [0.05, 0.1) is 12.3 Å². The first-order valence-electron chi connectivity index (χ1n) is 9.43. The molecule has 3 aliphatic rings. The van der Waals surface area contributed by atoms with Gasteiger partial charge in [0.1, 0.15) is 11.6 Å². The molecule has 0 saturated heterocycles. The fraction of sp³-hybridized carbons (Fsp3) is 0.632. The highest BCUT2D eigenvalue weighted by atomic mass is 16.5. The average molecular weight is 341 g/mol. The van der Waals surface area contributed by atoms with Crippen molar-refractivity contribution in [3.05, 3.63) is 36.3 Å². The second-order valence-electron chi connectivity index (χ2n) is 7.42. The van der Waals surface area contributed by atoms with Crippen LogP contribution in [-0.4, -0.2) is 33.7 Å². The molecule has 2 heterocycles. The molecule has 0 aromatic carbocycles. The summed E-state index contributed by atoms with van der Waals surface area (Å²) >= 11 is 0. The van der Waals surface area contributed by atoms with E-state index in [0.29, 0.717) is 23.8 Å². The summed E-state index contributed by atoms with van der Waals surface area (Å²) in [5.74, 6) is 4.31. The van der Waals surface area contributed by atoms with Gasteiger partial charge in [-0.2, -0.15) is 0 Å². The van der Waals surface area contributed by atoms with E-state index in [1.165, 1.54) is 12.8 Å². The zero-order valence-corrected chi connectivity index (χ0v) is 14.9. The van der Waals surface area contributed by atoms with Gasteiger partial charge in [-0.05, 0) is 43.6 Å². The summed E-state index contributed by atoms with van der Waals surface area (Å²) in [6.45, 7) is 7.81. The van der Waals surface area contributed by atoms with E-state index in [9.17, 15) is 0 Å².